The van der Waals surface area contributed by atoms with Crippen LogP contribution in [0.25, 0.3) is 33.7 Å². The standard InChI is InChI=1S/C17H13F2N5/c1-24-14(9-2-4-10(18)5-3-9)15(20)23-17(24)13-8-22-16-12(13)6-11(19)7-21-16/h2-8H,20H2,1H3,(H,21,22). The molecule has 3 N–H and O–H groups in total. The van der Waals surface area contributed by atoms with E-state index in [0.717, 1.165) is 11.8 Å². The Hall–Kier alpha value is -3.22. The van der Waals surface area contributed by atoms with Crippen LogP contribution in [0.5, 0.6) is 0 Å². The number of halogens is 2. The lowest BCUT2D eigenvalue weighted by Gasteiger charge is -2.06. The molecule has 3 heterocycles. The van der Waals surface area contributed by atoms with Crippen LogP contribution in [0.1, 0.15) is 0 Å². The van der Waals surface area contributed by atoms with Crippen molar-refractivity contribution in [2.45, 2.75) is 0 Å². The quantitative estimate of drug-likeness (QED) is 0.592. The number of aromatic amines is 1. The highest BCUT2D eigenvalue weighted by Crippen LogP contribution is 2.33. The van der Waals surface area contributed by atoms with Crippen molar-refractivity contribution >= 4 is 16.9 Å². The van der Waals surface area contributed by atoms with E-state index < -0.39 is 5.82 Å². The van der Waals surface area contributed by atoms with Crippen LogP contribution in [0.2, 0.25) is 0 Å². The molecule has 0 aliphatic rings. The Bertz CT molecular complexity index is 1050. The number of nitrogen functional groups attached to an aromatic ring is 1. The Labute approximate surface area is 135 Å². The van der Waals surface area contributed by atoms with E-state index >= 15 is 0 Å². The molecular formula is C17H13F2N5. The number of nitrogens with one attached hydrogen (secondary N) is 1. The van der Waals surface area contributed by atoms with Crippen molar-refractivity contribution in [1.82, 2.24) is 19.5 Å². The number of rotatable bonds is 2. The average molecular weight is 325 g/mol. The molecule has 5 nitrogen and oxygen atoms in total. The van der Waals surface area contributed by atoms with Gasteiger partial charge in [-0.3, -0.25) is 0 Å². The minimum atomic E-state index is -0.427. The summed E-state index contributed by atoms with van der Waals surface area (Å²) in [5.74, 6) is 0.144. The summed E-state index contributed by atoms with van der Waals surface area (Å²) in [6.07, 6.45) is 2.87. The molecule has 0 saturated heterocycles. The molecule has 0 aliphatic heterocycles. The molecule has 7 heteroatoms. The molecule has 0 unspecified atom stereocenters. The van der Waals surface area contributed by atoms with E-state index in [-0.39, 0.29) is 5.82 Å². The first kappa shape index (κ1) is 14.4. The predicted octanol–water partition coefficient (Wildman–Crippen LogP) is 3.49. The highest BCUT2D eigenvalue weighted by Gasteiger charge is 2.18. The first-order valence-corrected chi connectivity index (χ1v) is 7.25. The van der Waals surface area contributed by atoms with Gasteiger partial charge in [-0.05, 0) is 30.3 Å². The van der Waals surface area contributed by atoms with Gasteiger partial charge < -0.3 is 15.3 Å². The summed E-state index contributed by atoms with van der Waals surface area (Å²) in [5.41, 5.74) is 8.75. The Morgan fingerprint density at radius 1 is 1.12 bits per heavy atom. The van der Waals surface area contributed by atoms with Gasteiger partial charge >= 0.3 is 0 Å². The van der Waals surface area contributed by atoms with Crippen molar-refractivity contribution in [3.63, 3.8) is 0 Å². The number of nitrogens with two attached hydrogens (primary N) is 1. The van der Waals surface area contributed by atoms with Crippen molar-refractivity contribution in [2.75, 3.05) is 5.73 Å². The first-order chi connectivity index (χ1) is 11.5. The number of hydrogen-bond donors (Lipinski definition) is 2. The maximum Gasteiger partial charge on any atom is 0.150 e. The van der Waals surface area contributed by atoms with Gasteiger partial charge in [0.05, 0.1) is 11.9 Å². The Balaban J connectivity index is 1.92. The third kappa shape index (κ3) is 2.13. The van der Waals surface area contributed by atoms with Gasteiger partial charge in [0.15, 0.2) is 5.82 Å². The molecule has 0 radical (unpaired) electrons. The zero-order valence-corrected chi connectivity index (χ0v) is 12.7. The molecule has 120 valence electrons. The summed E-state index contributed by atoms with van der Waals surface area (Å²) in [7, 11) is 1.81. The highest BCUT2D eigenvalue weighted by atomic mass is 19.1. The lowest BCUT2D eigenvalue weighted by Crippen LogP contribution is -1.96. The smallest absolute Gasteiger partial charge is 0.150 e. The molecule has 4 rings (SSSR count). The minimum Gasteiger partial charge on any atom is -0.382 e. The van der Waals surface area contributed by atoms with Gasteiger partial charge in [0, 0.05) is 29.8 Å². The number of aromatic nitrogens is 4. The van der Waals surface area contributed by atoms with Crippen LogP contribution in [-0.2, 0) is 7.05 Å². The molecule has 0 aliphatic carbocycles. The third-order valence-electron chi connectivity index (χ3n) is 3.98. The summed E-state index contributed by atoms with van der Waals surface area (Å²) in [4.78, 5) is 11.4. The Morgan fingerprint density at radius 3 is 2.62 bits per heavy atom. The van der Waals surface area contributed by atoms with E-state index in [4.69, 9.17) is 5.73 Å². The van der Waals surface area contributed by atoms with Crippen molar-refractivity contribution < 1.29 is 8.78 Å². The van der Waals surface area contributed by atoms with Gasteiger partial charge in [-0.25, -0.2) is 18.7 Å². The third-order valence-corrected chi connectivity index (χ3v) is 3.98. The number of pyridine rings is 1. The Morgan fingerprint density at radius 2 is 1.88 bits per heavy atom. The summed E-state index contributed by atoms with van der Waals surface area (Å²) in [6, 6.07) is 7.42. The molecule has 0 spiro atoms. The molecule has 4 aromatic rings. The molecule has 0 amide bonds. The van der Waals surface area contributed by atoms with E-state index in [1.165, 1.54) is 18.2 Å². The van der Waals surface area contributed by atoms with E-state index in [2.05, 4.69) is 15.0 Å². The lowest BCUT2D eigenvalue weighted by molar-refractivity contribution is 0.624. The van der Waals surface area contributed by atoms with Crippen molar-refractivity contribution in [2.24, 2.45) is 7.05 Å². The fraction of sp³-hybridized carbons (Fsp3) is 0.0588. The van der Waals surface area contributed by atoms with Crippen LogP contribution in [0.15, 0.2) is 42.7 Å². The van der Waals surface area contributed by atoms with E-state index in [1.807, 2.05) is 7.05 Å². The summed E-state index contributed by atoms with van der Waals surface area (Å²) in [5, 5.41) is 0.619. The second kappa shape index (κ2) is 5.16. The molecule has 1 aromatic carbocycles. The van der Waals surface area contributed by atoms with Gasteiger partial charge in [0.2, 0.25) is 0 Å². The van der Waals surface area contributed by atoms with E-state index in [0.29, 0.717) is 33.9 Å². The molecular weight excluding hydrogens is 312 g/mol. The minimum absolute atomic E-state index is 0.317. The Kier molecular flexibility index (Phi) is 3.09. The van der Waals surface area contributed by atoms with Crippen LogP contribution >= 0.6 is 0 Å². The second-order valence-electron chi connectivity index (χ2n) is 5.49. The zero-order valence-electron chi connectivity index (χ0n) is 12.7. The number of benzene rings is 1. The van der Waals surface area contributed by atoms with E-state index in [9.17, 15) is 8.78 Å². The van der Waals surface area contributed by atoms with Crippen LogP contribution in [0.3, 0.4) is 0 Å². The summed E-state index contributed by atoms with van der Waals surface area (Å²) in [6.45, 7) is 0. The van der Waals surface area contributed by atoms with Gasteiger partial charge in [-0.15, -0.1) is 0 Å². The fourth-order valence-corrected chi connectivity index (χ4v) is 2.87. The van der Waals surface area contributed by atoms with Crippen LogP contribution in [0, 0.1) is 11.6 Å². The van der Waals surface area contributed by atoms with Crippen molar-refractivity contribution in [3.8, 4) is 22.6 Å². The van der Waals surface area contributed by atoms with Crippen LogP contribution in [-0.4, -0.2) is 19.5 Å². The van der Waals surface area contributed by atoms with Gasteiger partial charge in [-0.1, -0.05) is 0 Å². The number of nitrogens with zero attached hydrogens (tertiary/aromatic N) is 3. The van der Waals surface area contributed by atoms with Gasteiger partial charge in [0.25, 0.3) is 0 Å². The monoisotopic (exact) mass is 325 g/mol. The highest BCUT2D eigenvalue weighted by molar-refractivity contribution is 5.93. The summed E-state index contributed by atoms with van der Waals surface area (Å²) >= 11 is 0. The van der Waals surface area contributed by atoms with Gasteiger partial charge in [0.1, 0.15) is 23.1 Å². The average Bonchev–Trinajstić information content (AvgIpc) is 3.09. The normalized spacial score (nSPS) is 11.3. The topological polar surface area (TPSA) is 72.5 Å². The molecule has 24 heavy (non-hydrogen) atoms. The largest absolute Gasteiger partial charge is 0.382 e. The predicted molar refractivity (Wildman–Crippen MR) is 88.1 cm³/mol. The SMILES string of the molecule is Cn1c(-c2c[nH]c3ncc(F)cc23)nc(N)c1-c1ccc(F)cc1. The zero-order chi connectivity index (χ0) is 16.8. The van der Waals surface area contributed by atoms with E-state index in [1.54, 1.807) is 22.9 Å². The first-order valence-electron chi connectivity index (χ1n) is 7.25. The molecule has 0 atom stereocenters. The molecule has 0 bridgehead atoms. The number of fused-ring (bicyclic) bond motifs is 1. The maximum absolute atomic E-state index is 13.5. The summed E-state index contributed by atoms with van der Waals surface area (Å²) < 4.78 is 28.5. The number of imidazole rings is 1. The second-order valence-corrected chi connectivity index (χ2v) is 5.49. The molecule has 0 fully saturated rings. The van der Waals surface area contributed by atoms with Crippen LogP contribution in [0.4, 0.5) is 14.6 Å². The number of anilines is 1. The number of H-pyrrole nitrogens is 1. The van der Waals surface area contributed by atoms with Gasteiger partial charge in [-0.2, -0.15) is 0 Å². The maximum atomic E-state index is 13.5. The molecule has 3 aromatic heterocycles. The lowest BCUT2D eigenvalue weighted by atomic mass is 10.1. The van der Waals surface area contributed by atoms with Crippen LogP contribution < -0.4 is 5.73 Å². The number of hydrogen-bond acceptors (Lipinski definition) is 3. The molecule has 0 saturated carbocycles. The van der Waals surface area contributed by atoms with Crippen molar-refractivity contribution in [1.29, 1.82) is 0 Å². The van der Waals surface area contributed by atoms with Crippen molar-refractivity contribution in [3.05, 3.63) is 54.4 Å². The fourth-order valence-electron chi connectivity index (χ4n) is 2.87.